The number of nitrogens with zero attached hydrogens (tertiary/aromatic N) is 6. The molecule has 2 unspecified atom stereocenters. The largest absolute Gasteiger partial charge is 0.331 e. The highest BCUT2D eigenvalue weighted by atomic mass is 16.2. The van der Waals surface area contributed by atoms with Gasteiger partial charge in [-0.3, -0.25) is 10.1 Å². The number of hydrogen-bond donors (Lipinski definition) is 2. The van der Waals surface area contributed by atoms with Gasteiger partial charge in [0.1, 0.15) is 5.82 Å². The van der Waals surface area contributed by atoms with Crippen LogP contribution in [0.3, 0.4) is 0 Å². The smallest absolute Gasteiger partial charge is 0.324 e. The van der Waals surface area contributed by atoms with Gasteiger partial charge in [-0.05, 0) is 93.8 Å². The van der Waals surface area contributed by atoms with Crippen molar-refractivity contribution in [1.29, 1.82) is 0 Å². The number of hydrogen-bond acceptors (Lipinski definition) is 5. The van der Waals surface area contributed by atoms with Crippen LogP contribution in [0.2, 0.25) is 0 Å². The fourth-order valence-electron chi connectivity index (χ4n) is 7.22. The number of benzene rings is 3. The third kappa shape index (κ3) is 6.86. The SMILES string of the molecule is Cc1ccc(-n2nc(C(C)(C)C)cc2NC(=O)Nc2ccc(CC3CC4CCC(C3)N4C(=O)c3nn(-c4ccccc4)nc3C)cc2)cc1. The van der Waals surface area contributed by atoms with Crippen LogP contribution in [0.5, 0.6) is 0 Å². The van der Waals surface area contributed by atoms with E-state index in [2.05, 4.69) is 58.6 Å². The molecule has 10 nitrogen and oxygen atoms in total. The molecule has 49 heavy (non-hydrogen) atoms. The molecule has 0 spiro atoms. The molecule has 3 amide bonds. The maximum Gasteiger partial charge on any atom is 0.324 e. The van der Waals surface area contributed by atoms with Gasteiger partial charge in [0, 0.05) is 29.3 Å². The fraction of sp³-hybridized carbons (Fsp3) is 0.359. The zero-order valence-electron chi connectivity index (χ0n) is 28.9. The zero-order chi connectivity index (χ0) is 34.3. The van der Waals surface area contributed by atoms with Crippen molar-refractivity contribution < 1.29 is 9.59 Å². The summed E-state index contributed by atoms with van der Waals surface area (Å²) in [6.07, 6.45) is 4.94. The van der Waals surface area contributed by atoms with Gasteiger partial charge >= 0.3 is 6.03 Å². The van der Waals surface area contributed by atoms with Gasteiger partial charge in [0.2, 0.25) is 0 Å². The molecule has 2 aliphatic rings. The Morgan fingerprint density at radius 2 is 1.47 bits per heavy atom. The van der Waals surface area contributed by atoms with Crippen LogP contribution in [0.15, 0.2) is 84.9 Å². The molecule has 4 heterocycles. The summed E-state index contributed by atoms with van der Waals surface area (Å²) in [6.45, 7) is 10.2. The van der Waals surface area contributed by atoms with Gasteiger partial charge in [0.05, 0.1) is 22.8 Å². The maximum absolute atomic E-state index is 13.7. The van der Waals surface area contributed by atoms with Crippen LogP contribution in [0, 0.1) is 19.8 Å². The van der Waals surface area contributed by atoms with Gasteiger partial charge in [0.15, 0.2) is 5.69 Å². The average molecular weight is 657 g/mol. The minimum Gasteiger partial charge on any atom is -0.331 e. The standard InChI is InChI=1S/C39H44N8O2/c1-25-11-17-30(18-12-25)46-35(24-34(43-46)39(3,4)5)41-38(49)40-29-15-13-27(14-16-29)21-28-22-32-19-20-33(23-28)45(32)37(48)36-26(2)42-47(44-36)31-9-7-6-8-10-31/h6-18,24,28,32-33H,19-23H2,1-5H3,(H2,40,41,49). The lowest BCUT2D eigenvalue weighted by molar-refractivity contribution is 0.0517. The van der Waals surface area contributed by atoms with Gasteiger partial charge in [0.25, 0.3) is 5.91 Å². The van der Waals surface area contributed by atoms with Gasteiger partial charge < -0.3 is 10.2 Å². The van der Waals surface area contributed by atoms with Crippen molar-refractivity contribution in [3.63, 3.8) is 0 Å². The summed E-state index contributed by atoms with van der Waals surface area (Å²) < 4.78 is 1.78. The Balaban J connectivity index is 0.967. The molecule has 5 aromatic rings. The normalized spacial score (nSPS) is 18.8. The molecule has 2 N–H and O–H groups in total. The number of rotatable bonds is 7. The second kappa shape index (κ2) is 13.0. The van der Waals surface area contributed by atoms with E-state index in [1.54, 1.807) is 9.48 Å². The van der Waals surface area contributed by atoms with Crippen molar-refractivity contribution in [3.8, 4) is 11.4 Å². The number of piperidine rings is 1. The molecular weight excluding hydrogens is 612 g/mol. The van der Waals surface area contributed by atoms with Crippen LogP contribution in [-0.4, -0.2) is 53.7 Å². The van der Waals surface area contributed by atoms with E-state index in [0.717, 1.165) is 60.4 Å². The first kappa shape index (κ1) is 32.3. The summed E-state index contributed by atoms with van der Waals surface area (Å²) in [5, 5.41) is 19.9. The van der Waals surface area contributed by atoms with Gasteiger partial charge in [-0.25, -0.2) is 9.48 Å². The maximum atomic E-state index is 13.7. The minimum atomic E-state index is -0.325. The van der Waals surface area contributed by atoms with E-state index >= 15 is 0 Å². The van der Waals surface area contributed by atoms with E-state index in [1.807, 2.05) is 86.6 Å². The first-order valence-electron chi connectivity index (χ1n) is 17.2. The summed E-state index contributed by atoms with van der Waals surface area (Å²) in [5.41, 5.74) is 6.65. The van der Waals surface area contributed by atoms with Crippen LogP contribution < -0.4 is 10.6 Å². The third-order valence-corrected chi connectivity index (χ3v) is 9.77. The van der Waals surface area contributed by atoms with Crippen molar-refractivity contribution in [1.82, 2.24) is 29.7 Å². The molecule has 2 fully saturated rings. The first-order chi connectivity index (χ1) is 23.5. The van der Waals surface area contributed by atoms with Crippen molar-refractivity contribution >= 4 is 23.4 Å². The lowest BCUT2D eigenvalue weighted by Crippen LogP contribution is -2.47. The topological polar surface area (TPSA) is 110 Å². The van der Waals surface area contributed by atoms with Crippen LogP contribution in [-0.2, 0) is 11.8 Å². The van der Waals surface area contributed by atoms with Crippen molar-refractivity contribution in [3.05, 3.63) is 113 Å². The van der Waals surface area contributed by atoms with Crippen LogP contribution >= 0.6 is 0 Å². The highest BCUT2D eigenvalue weighted by Gasteiger charge is 2.44. The molecule has 0 saturated carbocycles. The molecule has 2 bridgehead atoms. The van der Waals surface area contributed by atoms with E-state index in [0.29, 0.717) is 23.1 Å². The number of urea groups is 1. The lowest BCUT2D eigenvalue weighted by Gasteiger charge is -2.38. The summed E-state index contributed by atoms with van der Waals surface area (Å²) in [6, 6.07) is 27.9. The molecule has 0 aliphatic carbocycles. The Hall–Kier alpha value is -5.25. The number of aromatic nitrogens is 5. The molecular formula is C39H44N8O2. The molecule has 252 valence electrons. The number of para-hydroxylation sites is 1. The highest BCUT2D eigenvalue weighted by molar-refractivity contribution is 5.99. The van der Waals surface area contributed by atoms with Crippen molar-refractivity contribution in [2.45, 2.75) is 84.2 Å². The van der Waals surface area contributed by atoms with E-state index < -0.39 is 0 Å². The van der Waals surface area contributed by atoms with Gasteiger partial charge in [-0.2, -0.15) is 15.0 Å². The van der Waals surface area contributed by atoms with Gasteiger partial charge in [-0.1, -0.05) is 68.8 Å². The molecule has 2 aromatic heterocycles. The highest BCUT2D eigenvalue weighted by Crippen LogP contribution is 2.41. The van der Waals surface area contributed by atoms with E-state index in [9.17, 15) is 9.59 Å². The Labute approximate surface area is 287 Å². The predicted molar refractivity (Wildman–Crippen MR) is 192 cm³/mol. The fourth-order valence-corrected chi connectivity index (χ4v) is 7.22. The number of carbonyl (C=O) groups is 2. The minimum absolute atomic E-state index is 0.00381. The van der Waals surface area contributed by atoms with Crippen LogP contribution in [0.1, 0.15) is 79.5 Å². The Morgan fingerprint density at radius 3 is 2.12 bits per heavy atom. The number of amides is 3. The molecule has 2 atom stereocenters. The molecule has 7 rings (SSSR count). The first-order valence-corrected chi connectivity index (χ1v) is 17.2. The molecule has 2 aliphatic heterocycles. The second-order valence-corrected chi connectivity index (χ2v) is 14.6. The summed E-state index contributed by atoms with van der Waals surface area (Å²) >= 11 is 0. The molecule has 10 heteroatoms. The monoisotopic (exact) mass is 656 g/mol. The average Bonchev–Trinajstić information content (AvgIpc) is 3.76. The number of nitrogens with one attached hydrogen (secondary N) is 2. The van der Waals surface area contributed by atoms with E-state index in [-0.39, 0.29) is 29.4 Å². The summed E-state index contributed by atoms with van der Waals surface area (Å²) in [4.78, 5) is 30.5. The Bertz CT molecular complexity index is 1940. The lowest BCUT2D eigenvalue weighted by atomic mass is 9.85. The zero-order valence-corrected chi connectivity index (χ0v) is 28.9. The number of carbonyl (C=O) groups excluding carboxylic acids is 2. The molecule has 0 radical (unpaired) electrons. The van der Waals surface area contributed by atoms with Crippen LogP contribution in [0.25, 0.3) is 11.4 Å². The van der Waals surface area contributed by atoms with Crippen LogP contribution in [0.4, 0.5) is 16.3 Å². The molecule has 3 aromatic carbocycles. The predicted octanol–water partition coefficient (Wildman–Crippen LogP) is 7.64. The summed E-state index contributed by atoms with van der Waals surface area (Å²) in [5.74, 6) is 1.10. The second-order valence-electron chi connectivity index (χ2n) is 14.6. The summed E-state index contributed by atoms with van der Waals surface area (Å²) in [7, 11) is 0. The van der Waals surface area contributed by atoms with E-state index in [1.165, 1.54) is 5.56 Å². The number of aryl methyl sites for hydroxylation is 2. The number of anilines is 2. The number of fused-ring (bicyclic) bond motifs is 2. The third-order valence-electron chi connectivity index (χ3n) is 9.77. The van der Waals surface area contributed by atoms with Gasteiger partial charge in [-0.15, -0.1) is 5.10 Å². The molecule has 2 saturated heterocycles. The Kier molecular flexibility index (Phi) is 8.56. The van der Waals surface area contributed by atoms with E-state index in [4.69, 9.17) is 5.10 Å². The Morgan fingerprint density at radius 1 is 0.796 bits per heavy atom. The van der Waals surface area contributed by atoms with Crippen molar-refractivity contribution in [2.75, 3.05) is 10.6 Å². The quantitative estimate of drug-likeness (QED) is 0.187. The van der Waals surface area contributed by atoms with Crippen molar-refractivity contribution in [2.24, 2.45) is 5.92 Å².